The maximum absolute atomic E-state index is 13.2. The van der Waals surface area contributed by atoms with Gasteiger partial charge < -0.3 is 19.7 Å². The first-order valence-electron chi connectivity index (χ1n) is 10.5. The molecule has 0 spiro atoms. The van der Waals surface area contributed by atoms with Crippen LogP contribution in [0, 0.1) is 5.92 Å². The van der Waals surface area contributed by atoms with Crippen molar-refractivity contribution < 1.29 is 19.1 Å². The fraction of sp³-hybridized carbons (Fsp3) is 0.417. The summed E-state index contributed by atoms with van der Waals surface area (Å²) < 4.78 is 10.8. The predicted molar refractivity (Wildman–Crippen MR) is 127 cm³/mol. The molecule has 0 unspecified atom stereocenters. The van der Waals surface area contributed by atoms with E-state index in [2.05, 4.69) is 5.32 Å². The minimum atomic E-state index is -0.687. The molecule has 0 fully saturated rings. The van der Waals surface area contributed by atoms with Crippen molar-refractivity contribution in [3.8, 4) is 11.5 Å². The molecule has 0 bridgehead atoms. The first-order valence-corrected chi connectivity index (χ1v) is 11.3. The van der Waals surface area contributed by atoms with Crippen molar-refractivity contribution in [2.75, 3.05) is 20.3 Å². The third-order valence-corrected chi connectivity index (χ3v) is 5.59. The molecule has 1 N–H and O–H groups in total. The summed E-state index contributed by atoms with van der Waals surface area (Å²) in [6.07, 6.45) is 0.431. The molecular weight excluding hydrogens is 451 g/mol. The molecule has 6 nitrogen and oxygen atoms in total. The molecule has 0 aliphatic rings. The minimum Gasteiger partial charge on any atom is -0.497 e. The summed E-state index contributed by atoms with van der Waals surface area (Å²) in [7, 11) is 1.58. The van der Waals surface area contributed by atoms with Crippen LogP contribution in [0.3, 0.4) is 0 Å². The molecule has 0 aliphatic heterocycles. The lowest BCUT2D eigenvalue weighted by Crippen LogP contribution is -2.50. The molecule has 174 valence electrons. The van der Waals surface area contributed by atoms with Crippen molar-refractivity contribution in [2.45, 2.75) is 39.8 Å². The van der Waals surface area contributed by atoms with E-state index in [-0.39, 0.29) is 30.9 Å². The molecule has 32 heavy (non-hydrogen) atoms. The SMILES string of the molecule is CC[C@@H](C(=O)NCC(C)C)N(Cc1c(Cl)cccc1Cl)C(=O)COc1ccc(OC)cc1. The highest BCUT2D eigenvalue weighted by Gasteiger charge is 2.30. The summed E-state index contributed by atoms with van der Waals surface area (Å²) in [5.41, 5.74) is 0.587. The Bertz CT molecular complexity index is 883. The van der Waals surface area contributed by atoms with Gasteiger partial charge >= 0.3 is 0 Å². The van der Waals surface area contributed by atoms with Gasteiger partial charge in [0.1, 0.15) is 17.5 Å². The van der Waals surface area contributed by atoms with Crippen LogP contribution in [0.5, 0.6) is 11.5 Å². The van der Waals surface area contributed by atoms with E-state index in [1.54, 1.807) is 49.6 Å². The molecule has 0 radical (unpaired) electrons. The summed E-state index contributed by atoms with van der Waals surface area (Å²) in [6, 6.07) is 11.4. The Hall–Kier alpha value is -2.44. The maximum Gasteiger partial charge on any atom is 0.261 e. The number of hydrogen-bond acceptors (Lipinski definition) is 4. The average Bonchev–Trinajstić information content (AvgIpc) is 2.78. The van der Waals surface area contributed by atoms with E-state index < -0.39 is 6.04 Å². The van der Waals surface area contributed by atoms with E-state index >= 15 is 0 Å². The van der Waals surface area contributed by atoms with Crippen molar-refractivity contribution in [3.05, 3.63) is 58.1 Å². The van der Waals surface area contributed by atoms with Crippen LogP contribution in [0.1, 0.15) is 32.8 Å². The molecule has 8 heteroatoms. The fourth-order valence-corrected chi connectivity index (χ4v) is 3.61. The van der Waals surface area contributed by atoms with Crippen LogP contribution in [-0.4, -0.2) is 43.0 Å². The largest absolute Gasteiger partial charge is 0.497 e. The summed E-state index contributed by atoms with van der Waals surface area (Å²) >= 11 is 12.7. The van der Waals surface area contributed by atoms with E-state index in [0.29, 0.717) is 40.1 Å². The summed E-state index contributed by atoms with van der Waals surface area (Å²) in [5.74, 6) is 0.932. The van der Waals surface area contributed by atoms with Crippen LogP contribution in [-0.2, 0) is 16.1 Å². The second-order valence-electron chi connectivity index (χ2n) is 7.75. The zero-order valence-corrected chi connectivity index (χ0v) is 20.4. The molecule has 0 aromatic heterocycles. The van der Waals surface area contributed by atoms with E-state index in [1.807, 2.05) is 20.8 Å². The van der Waals surface area contributed by atoms with Gasteiger partial charge in [-0.05, 0) is 48.7 Å². The molecule has 0 aliphatic carbocycles. The highest BCUT2D eigenvalue weighted by atomic mass is 35.5. The third-order valence-electron chi connectivity index (χ3n) is 4.88. The number of methoxy groups -OCH3 is 1. The quantitative estimate of drug-likeness (QED) is 0.493. The van der Waals surface area contributed by atoms with Crippen LogP contribution in [0.2, 0.25) is 10.0 Å². The van der Waals surface area contributed by atoms with Crippen LogP contribution >= 0.6 is 23.2 Å². The van der Waals surface area contributed by atoms with Crippen LogP contribution in [0.25, 0.3) is 0 Å². The summed E-state index contributed by atoms with van der Waals surface area (Å²) in [4.78, 5) is 27.6. The zero-order chi connectivity index (χ0) is 23.7. The van der Waals surface area contributed by atoms with E-state index in [9.17, 15) is 9.59 Å². The van der Waals surface area contributed by atoms with Gasteiger partial charge in [0.2, 0.25) is 5.91 Å². The number of nitrogens with one attached hydrogen (secondary N) is 1. The maximum atomic E-state index is 13.2. The predicted octanol–water partition coefficient (Wildman–Crippen LogP) is 4.96. The van der Waals surface area contributed by atoms with Crippen molar-refractivity contribution in [1.29, 1.82) is 0 Å². The number of rotatable bonds is 11. The number of halogens is 2. The standard InChI is InChI=1S/C24H30Cl2N2O4/c1-5-22(24(30)27-13-16(2)3)28(14-19-20(25)7-6-8-21(19)26)23(29)15-32-18-11-9-17(31-4)10-12-18/h6-12,16,22H,5,13-15H2,1-4H3,(H,27,30)/t22-/m0/s1. The second kappa shape index (κ2) is 12.6. The van der Waals surface area contributed by atoms with Gasteiger partial charge in [-0.1, -0.05) is 50.0 Å². The van der Waals surface area contributed by atoms with Crippen LogP contribution in [0.15, 0.2) is 42.5 Å². The topological polar surface area (TPSA) is 67.9 Å². The smallest absolute Gasteiger partial charge is 0.261 e. The van der Waals surface area contributed by atoms with Crippen LogP contribution < -0.4 is 14.8 Å². The van der Waals surface area contributed by atoms with E-state index in [0.717, 1.165) is 0 Å². The van der Waals surface area contributed by atoms with Gasteiger partial charge in [0.25, 0.3) is 5.91 Å². The number of ether oxygens (including phenoxy) is 2. The molecule has 2 aromatic carbocycles. The molecular formula is C24H30Cl2N2O4. The number of benzene rings is 2. The van der Waals surface area contributed by atoms with Gasteiger partial charge in [-0.15, -0.1) is 0 Å². The Morgan fingerprint density at radius 3 is 2.16 bits per heavy atom. The Morgan fingerprint density at radius 2 is 1.62 bits per heavy atom. The summed E-state index contributed by atoms with van der Waals surface area (Å²) in [5, 5.41) is 3.78. The van der Waals surface area contributed by atoms with E-state index in [1.165, 1.54) is 4.90 Å². The fourth-order valence-electron chi connectivity index (χ4n) is 3.10. The van der Waals surface area contributed by atoms with Gasteiger partial charge in [-0.3, -0.25) is 9.59 Å². The first kappa shape index (κ1) is 25.8. The second-order valence-corrected chi connectivity index (χ2v) is 8.56. The highest BCUT2D eigenvalue weighted by molar-refractivity contribution is 6.36. The lowest BCUT2D eigenvalue weighted by molar-refractivity contribution is -0.143. The first-order chi connectivity index (χ1) is 15.3. The third kappa shape index (κ3) is 7.31. The van der Waals surface area contributed by atoms with Crippen molar-refractivity contribution in [3.63, 3.8) is 0 Å². The molecule has 2 rings (SSSR count). The number of amides is 2. The molecule has 0 saturated carbocycles. The molecule has 1 atom stereocenters. The van der Waals surface area contributed by atoms with Gasteiger partial charge in [0, 0.05) is 28.7 Å². The molecule has 0 saturated heterocycles. The van der Waals surface area contributed by atoms with Crippen molar-refractivity contribution in [1.82, 2.24) is 10.2 Å². The zero-order valence-electron chi connectivity index (χ0n) is 18.9. The average molecular weight is 481 g/mol. The van der Waals surface area contributed by atoms with Gasteiger partial charge in [0.05, 0.1) is 7.11 Å². The van der Waals surface area contributed by atoms with Gasteiger partial charge in [0.15, 0.2) is 6.61 Å². The lowest BCUT2D eigenvalue weighted by atomic mass is 10.1. The number of carbonyl (C=O) groups is 2. The van der Waals surface area contributed by atoms with Gasteiger partial charge in [-0.25, -0.2) is 0 Å². The Kier molecular flexibility index (Phi) is 10.1. The van der Waals surface area contributed by atoms with Crippen LogP contribution in [0.4, 0.5) is 0 Å². The normalized spacial score (nSPS) is 11.7. The van der Waals surface area contributed by atoms with E-state index in [4.69, 9.17) is 32.7 Å². The molecule has 2 aromatic rings. The Balaban J connectivity index is 2.24. The Morgan fingerprint density at radius 1 is 1.03 bits per heavy atom. The van der Waals surface area contributed by atoms with Crippen molar-refractivity contribution in [2.24, 2.45) is 5.92 Å². The molecule has 0 heterocycles. The monoisotopic (exact) mass is 480 g/mol. The minimum absolute atomic E-state index is 0.0942. The lowest BCUT2D eigenvalue weighted by Gasteiger charge is -2.31. The molecule has 2 amide bonds. The number of nitrogens with zero attached hydrogens (tertiary/aromatic N) is 1. The Labute approximate surface area is 199 Å². The van der Waals surface area contributed by atoms with Crippen molar-refractivity contribution >= 4 is 35.0 Å². The highest BCUT2D eigenvalue weighted by Crippen LogP contribution is 2.27. The number of carbonyl (C=O) groups excluding carboxylic acids is 2. The summed E-state index contributed by atoms with van der Waals surface area (Å²) in [6.45, 7) is 6.26. The van der Waals surface area contributed by atoms with Gasteiger partial charge in [-0.2, -0.15) is 0 Å². The number of hydrogen-bond donors (Lipinski definition) is 1.